The molecular weight excluding hydrogens is 482 g/mol. The Morgan fingerprint density at radius 3 is 2.46 bits per heavy atom. The third-order valence-electron chi connectivity index (χ3n) is 6.49. The molecule has 8 heteroatoms. The Balaban J connectivity index is 1.27. The molecule has 1 saturated heterocycles. The first kappa shape index (κ1) is 25.0. The van der Waals surface area contributed by atoms with Crippen molar-refractivity contribution < 1.29 is 9.21 Å². The van der Waals surface area contributed by atoms with Crippen molar-refractivity contribution in [3.63, 3.8) is 0 Å². The zero-order valence-corrected chi connectivity index (χ0v) is 21.8. The Hall–Kier alpha value is -3.62. The van der Waals surface area contributed by atoms with E-state index in [1.807, 2.05) is 54.6 Å². The highest BCUT2D eigenvalue weighted by molar-refractivity contribution is 7.98. The van der Waals surface area contributed by atoms with Gasteiger partial charge in [0.1, 0.15) is 11.6 Å². The maximum atomic E-state index is 12.4. The van der Waals surface area contributed by atoms with Gasteiger partial charge in [-0.25, -0.2) is 9.97 Å². The summed E-state index contributed by atoms with van der Waals surface area (Å²) in [4.78, 5) is 27.1. The molecule has 0 saturated carbocycles. The van der Waals surface area contributed by atoms with Gasteiger partial charge in [-0.05, 0) is 36.4 Å². The largest absolute Gasteiger partial charge is 0.467 e. The van der Waals surface area contributed by atoms with E-state index in [-0.39, 0.29) is 5.91 Å². The number of amides is 1. The van der Waals surface area contributed by atoms with Crippen LogP contribution in [0.15, 0.2) is 88.6 Å². The van der Waals surface area contributed by atoms with Gasteiger partial charge in [0.25, 0.3) is 5.91 Å². The number of hydrogen-bond acceptors (Lipinski definition) is 7. The Kier molecular flexibility index (Phi) is 8.18. The van der Waals surface area contributed by atoms with E-state index in [9.17, 15) is 4.79 Å². The number of rotatable bonds is 9. The van der Waals surface area contributed by atoms with Crippen LogP contribution in [0.1, 0.15) is 28.6 Å². The molecule has 2 aromatic heterocycles. The van der Waals surface area contributed by atoms with Crippen molar-refractivity contribution in [1.82, 2.24) is 20.2 Å². The number of aromatic nitrogens is 2. The van der Waals surface area contributed by atoms with Crippen molar-refractivity contribution in [1.29, 1.82) is 0 Å². The van der Waals surface area contributed by atoms with Gasteiger partial charge in [-0.1, -0.05) is 61.2 Å². The molecule has 1 aliphatic rings. The van der Waals surface area contributed by atoms with Gasteiger partial charge >= 0.3 is 0 Å². The molecule has 0 aliphatic carbocycles. The number of nitrogens with zero attached hydrogens (tertiary/aromatic N) is 4. The van der Waals surface area contributed by atoms with E-state index in [0.29, 0.717) is 12.1 Å². The molecule has 0 spiro atoms. The van der Waals surface area contributed by atoms with Gasteiger partial charge in [-0.2, -0.15) is 0 Å². The lowest BCUT2D eigenvalue weighted by atomic mass is 10.1. The molecule has 1 fully saturated rings. The number of benzene rings is 2. The van der Waals surface area contributed by atoms with Gasteiger partial charge in [0.15, 0.2) is 5.16 Å². The minimum absolute atomic E-state index is 0.123. The summed E-state index contributed by atoms with van der Waals surface area (Å²) < 4.78 is 5.27. The molecule has 1 amide bonds. The van der Waals surface area contributed by atoms with E-state index in [1.54, 1.807) is 18.0 Å². The monoisotopic (exact) mass is 513 g/mol. The molecule has 0 bridgehead atoms. The lowest BCUT2D eigenvalue weighted by molar-refractivity contribution is 0.0948. The first-order chi connectivity index (χ1) is 18.2. The van der Waals surface area contributed by atoms with Crippen molar-refractivity contribution >= 4 is 23.5 Å². The quantitative estimate of drug-likeness (QED) is 0.247. The highest BCUT2D eigenvalue weighted by atomic mass is 32.2. The van der Waals surface area contributed by atoms with E-state index < -0.39 is 0 Å². The standard InChI is InChI=1S/C29H31N5O2S/c1-2-33-14-16-34(17-15-33)27-19-26(23-7-4-3-5-8-23)31-29(32-27)37-21-22-10-12-24(13-11-22)28(35)30-20-25-9-6-18-36-25/h3-13,18-19H,2,14-17,20-21H2,1H3,(H,30,35). The first-order valence-electron chi connectivity index (χ1n) is 12.6. The van der Waals surface area contributed by atoms with Gasteiger partial charge in [-0.15, -0.1) is 0 Å². The number of likely N-dealkylation sites (N-methyl/N-ethyl adjacent to an activating group) is 1. The maximum absolute atomic E-state index is 12.4. The second kappa shape index (κ2) is 12.1. The second-order valence-corrected chi connectivity index (χ2v) is 9.87. The van der Waals surface area contributed by atoms with Gasteiger partial charge in [0.05, 0.1) is 18.5 Å². The second-order valence-electron chi connectivity index (χ2n) is 8.93. The summed E-state index contributed by atoms with van der Waals surface area (Å²) in [6.07, 6.45) is 1.60. The van der Waals surface area contributed by atoms with E-state index >= 15 is 0 Å². The molecule has 0 atom stereocenters. The van der Waals surface area contributed by atoms with Crippen molar-refractivity contribution in [2.75, 3.05) is 37.6 Å². The van der Waals surface area contributed by atoms with Crippen molar-refractivity contribution in [3.8, 4) is 11.3 Å². The topological polar surface area (TPSA) is 74.5 Å². The van der Waals surface area contributed by atoms with Gasteiger partial charge in [0.2, 0.25) is 0 Å². The molecule has 0 unspecified atom stereocenters. The Morgan fingerprint density at radius 2 is 1.76 bits per heavy atom. The highest BCUT2D eigenvalue weighted by Gasteiger charge is 2.19. The molecular formula is C29H31N5O2S. The third-order valence-corrected chi connectivity index (χ3v) is 7.41. The molecule has 5 rings (SSSR count). The molecule has 7 nitrogen and oxygen atoms in total. The van der Waals surface area contributed by atoms with E-state index in [0.717, 1.165) is 72.0 Å². The van der Waals surface area contributed by atoms with Crippen LogP contribution >= 0.6 is 11.8 Å². The summed E-state index contributed by atoms with van der Waals surface area (Å²) in [7, 11) is 0. The number of carbonyl (C=O) groups excluding carboxylic acids is 1. The molecule has 37 heavy (non-hydrogen) atoms. The summed E-state index contributed by atoms with van der Waals surface area (Å²) in [6.45, 7) is 7.69. The van der Waals surface area contributed by atoms with Crippen LogP contribution in [0.2, 0.25) is 0 Å². The predicted molar refractivity (Wildman–Crippen MR) is 148 cm³/mol. The SMILES string of the molecule is CCN1CCN(c2cc(-c3ccccc3)nc(SCc3ccc(C(=O)NCc4ccco4)cc3)n2)CC1. The number of anilines is 1. The number of carbonyl (C=O) groups is 1. The fourth-order valence-electron chi connectivity index (χ4n) is 4.27. The molecule has 1 aliphatic heterocycles. The Bertz CT molecular complexity index is 1290. The van der Waals surface area contributed by atoms with Crippen LogP contribution in [0.4, 0.5) is 5.82 Å². The Morgan fingerprint density at radius 1 is 0.973 bits per heavy atom. The highest BCUT2D eigenvalue weighted by Crippen LogP contribution is 2.28. The van der Waals surface area contributed by atoms with Crippen molar-refractivity contribution in [2.45, 2.75) is 24.4 Å². The van der Waals surface area contributed by atoms with Crippen LogP contribution in [0.5, 0.6) is 0 Å². The Labute approximate surface area is 221 Å². The minimum atomic E-state index is -0.123. The normalized spacial score (nSPS) is 14.0. The lowest BCUT2D eigenvalue weighted by Gasteiger charge is -2.35. The number of hydrogen-bond donors (Lipinski definition) is 1. The van der Waals surface area contributed by atoms with Crippen LogP contribution in [0.25, 0.3) is 11.3 Å². The van der Waals surface area contributed by atoms with Crippen LogP contribution in [0.3, 0.4) is 0 Å². The molecule has 3 heterocycles. The number of furan rings is 1. The van der Waals surface area contributed by atoms with Gasteiger partial charge in [0, 0.05) is 49.1 Å². The van der Waals surface area contributed by atoms with Crippen molar-refractivity contribution in [3.05, 3.63) is 95.9 Å². The summed E-state index contributed by atoms with van der Waals surface area (Å²) in [6, 6.07) is 23.7. The van der Waals surface area contributed by atoms with Crippen LogP contribution in [0, 0.1) is 0 Å². The van der Waals surface area contributed by atoms with Crippen LogP contribution in [-0.2, 0) is 12.3 Å². The summed E-state index contributed by atoms with van der Waals surface area (Å²) in [5.41, 5.74) is 3.76. The van der Waals surface area contributed by atoms with Crippen LogP contribution in [-0.4, -0.2) is 53.5 Å². The molecule has 190 valence electrons. The maximum Gasteiger partial charge on any atom is 0.251 e. The zero-order chi connectivity index (χ0) is 25.5. The average Bonchev–Trinajstić information content (AvgIpc) is 3.49. The van der Waals surface area contributed by atoms with E-state index in [4.69, 9.17) is 14.4 Å². The van der Waals surface area contributed by atoms with Crippen LogP contribution < -0.4 is 10.2 Å². The minimum Gasteiger partial charge on any atom is -0.467 e. The number of nitrogens with one attached hydrogen (secondary N) is 1. The molecule has 1 N–H and O–H groups in total. The average molecular weight is 514 g/mol. The summed E-state index contributed by atoms with van der Waals surface area (Å²) >= 11 is 1.62. The van der Waals surface area contributed by atoms with Crippen molar-refractivity contribution in [2.24, 2.45) is 0 Å². The number of piperazine rings is 1. The molecule has 4 aromatic rings. The molecule has 2 aromatic carbocycles. The lowest BCUT2D eigenvalue weighted by Crippen LogP contribution is -2.46. The number of thioether (sulfide) groups is 1. The smallest absolute Gasteiger partial charge is 0.251 e. The summed E-state index contributed by atoms with van der Waals surface area (Å²) in [5, 5.41) is 3.64. The fraction of sp³-hybridized carbons (Fsp3) is 0.276. The fourth-order valence-corrected chi connectivity index (χ4v) is 5.08. The third kappa shape index (κ3) is 6.58. The van der Waals surface area contributed by atoms with E-state index in [1.165, 1.54) is 0 Å². The van der Waals surface area contributed by atoms with E-state index in [2.05, 4.69) is 40.2 Å². The summed E-state index contributed by atoms with van der Waals surface area (Å²) in [5.74, 6) is 2.30. The molecule has 0 radical (unpaired) electrons. The zero-order valence-electron chi connectivity index (χ0n) is 21.0. The first-order valence-corrected chi connectivity index (χ1v) is 13.6. The predicted octanol–water partition coefficient (Wildman–Crippen LogP) is 5.10. The van der Waals surface area contributed by atoms with Gasteiger partial charge < -0.3 is 19.5 Å². The van der Waals surface area contributed by atoms with Gasteiger partial charge in [-0.3, -0.25) is 4.79 Å².